The second kappa shape index (κ2) is 6.17. The number of nitrogens with two attached hydrogens (primary N) is 1. The molecule has 2 amide bonds. The predicted molar refractivity (Wildman–Crippen MR) is 88.6 cm³/mol. The van der Waals surface area contributed by atoms with E-state index in [9.17, 15) is 14.4 Å². The molecule has 1 aromatic carbocycles. The van der Waals surface area contributed by atoms with E-state index in [0.717, 1.165) is 6.07 Å². The van der Waals surface area contributed by atoms with Crippen LogP contribution in [0.1, 0.15) is 20.7 Å². The fraction of sp³-hybridized carbons (Fsp3) is 0.188. The van der Waals surface area contributed by atoms with Gasteiger partial charge in [0.1, 0.15) is 5.82 Å². The third-order valence-corrected chi connectivity index (χ3v) is 3.72. The standard InChI is InChI=1S/C16H16N4O4/c1-24-7-6-18-10-4-2-3-5-11(10)20-12(21)8-9-13(14(20)17)16(23)19-15(9)22/h2-5,8,18H,6-7,17H2,1H3,(H,19,22,23). The highest BCUT2D eigenvalue weighted by Gasteiger charge is 2.32. The van der Waals surface area contributed by atoms with E-state index < -0.39 is 17.4 Å². The van der Waals surface area contributed by atoms with Gasteiger partial charge in [0.25, 0.3) is 17.4 Å². The number of benzene rings is 1. The van der Waals surface area contributed by atoms with Gasteiger partial charge in [-0.05, 0) is 12.1 Å². The number of carbonyl (C=O) groups is 2. The van der Waals surface area contributed by atoms with Gasteiger partial charge in [-0.25, -0.2) is 0 Å². The molecule has 0 atom stereocenters. The minimum Gasteiger partial charge on any atom is -0.384 e. The van der Waals surface area contributed by atoms with Gasteiger partial charge < -0.3 is 15.8 Å². The first-order valence-electron chi connectivity index (χ1n) is 7.28. The van der Waals surface area contributed by atoms with Gasteiger partial charge in [-0.1, -0.05) is 12.1 Å². The number of nitrogens with one attached hydrogen (secondary N) is 2. The number of para-hydroxylation sites is 2. The Morgan fingerprint density at radius 1 is 1.21 bits per heavy atom. The fourth-order valence-electron chi connectivity index (χ4n) is 2.63. The van der Waals surface area contributed by atoms with Crippen molar-refractivity contribution in [3.05, 3.63) is 51.8 Å². The Morgan fingerprint density at radius 3 is 2.71 bits per heavy atom. The first-order chi connectivity index (χ1) is 11.5. The fourth-order valence-corrected chi connectivity index (χ4v) is 2.63. The number of aromatic nitrogens is 1. The molecule has 2 heterocycles. The minimum atomic E-state index is -0.613. The predicted octanol–water partition coefficient (Wildman–Crippen LogP) is 0.362. The summed E-state index contributed by atoms with van der Waals surface area (Å²) in [5, 5.41) is 5.29. The van der Waals surface area contributed by atoms with Crippen molar-refractivity contribution >= 4 is 23.3 Å². The van der Waals surface area contributed by atoms with E-state index in [-0.39, 0.29) is 16.9 Å². The van der Waals surface area contributed by atoms with Crippen LogP contribution in [0.15, 0.2) is 35.1 Å². The van der Waals surface area contributed by atoms with E-state index in [1.807, 2.05) is 6.07 Å². The van der Waals surface area contributed by atoms with Gasteiger partial charge in [0.15, 0.2) is 0 Å². The second-order valence-electron chi connectivity index (χ2n) is 5.21. The molecule has 0 spiro atoms. The molecule has 3 rings (SSSR count). The molecule has 1 aromatic heterocycles. The van der Waals surface area contributed by atoms with Crippen molar-refractivity contribution < 1.29 is 14.3 Å². The van der Waals surface area contributed by atoms with Crippen LogP contribution in [-0.2, 0) is 4.74 Å². The van der Waals surface area contributed by atoms with E-state index in [1.165, 1.54) is 4.57 Å². The Bertz CT molecular complexity index is 888. The number of amides is 2. The summed E-state index contributed by atoms with van der Waals surface area (Å²) < 4.78 is 6.21. The topological polar surface area (TPSA) is 115 Å². The zero-order valence-corrected chi connectivity index (χ0v) is 13.0. The summed E-state index contributed by atoms with van der Waals surface area (Å²) in [4.78, 5) is 36.1. The minimum absolute atomic E-state index is 0.00331. The van der Waals surface area contributed by atoms with Crippen molar-refractivity contribution in [3.8, 4) is 5.69 Å². The SMILES string of the molecule is COCCNc1ccccc1-n1c(N)c2c(cc1=O)C(=O)NC2=O. The number of fused-ring (bicyclic) bond motifs is 1. The molecule has 0 unspecified atom stereocenters. The van der Waals surface area contributed by atoms with Gasteiger partial charge in [-0.15, -0.1) is 0 Å². The third-order valence-electron chi connectivity index (χ3n) is 3.72. The quantitative estimate of drug-likeness (QED) is 0.539. The van der Waals surface area contributed by atoms with E-state index in [2.05, 4.69) is 10.6 Å². The summed E-state index contributed by atoms with van der Waals surface area (Å²) in [7, 11) is 1.59. The van der Waals surface area contributed by atoms with Crippen molar-refractivity contribution in [1.82, 2.24) is 9.88 Å². The highest BCUT2D eigenvalue weighted by molar-refractivity contribution is 6.23. The molecular formula is C16H16N4O4. The maximum Gasteiger partial charge on any atom is 0.262 e. The van der Waals surface area contributed by atoms with Crippen LogP contribution in [0.5, 0.6) is 0 Å². The smallest absolute Gasteiger partial charge is 0.262 e. The van der Waals surface area contributed by atoms with Crippen molar-refractivity contribution in [2.75, 3.05) is 31.3 Å². The summed E-state index contributed by atoms with van der Waals surface area (Å²) in [5.41, 5.74) is 6.73. The lowest BCUT2D eigenvalue weighted by atomic mass is 10.1. The number of nitrogens with zero attached hydrogens (tertiary/aromatic N) is 1. The summed E-state index contributed by atoms with van der Waals surface area (Å²) in [5.74, 6) is -1.29. The Kier molecular flexibility index (Phi) is 4.05. The molecule has 4 N–H and O–H groups in total. The molecule has 124 valence electrons. The molecule has 8 nitrogen and oxygen atoms in total. The average Bonchev–Trinajstić information content (AvgIpc) is 2.83. The lowest BCUT2D eigenvalue weighted by Crippen LogP contribution is -2.25. The largest absolute Gasteiger partial charge is 0.384 e. The first-order valence-corrected chi connectivity index (χ1v) is 7.28. The number of ether oxygens (including phenoxy) is 1. The highest BCUT2D eigenvalue weighted by Crippen LogP contribution is 2.26. The number of pyridine rings is 1. The lowest BCUT2D eigenvalue weighted by Gasteiger charge is -2.16. The lowest BCUT2D eigenvalue weighted by molar-refractivity contribution is 0.0880. The maximum atomic E-state index is 12.5. The summed E-state index contributed by atoms with van der Waals surface area (Å²) in [6.45, 7) is 1.02. The molecule has 24 heavy (non-hydrogen) atoms. The van der Waals surface area contributed by atoms with Gasteiger partial charge in [0.05, 0.1) is 29.1 Å². The molecule has 1 aliphatic rings. The Labute approximate surface area is 137 Å². The number of hydrogen-bond acceptors (Lipinski definition) is 6. The van der Waals surface area contributed by atoms with Crippen LogP contribution in [0.2, 0.25) is 0 Å². The molecular weight excluding hydrogens is 312 g/mol. The first kappa shape index (κ1) is 15.8. The van der Waals surface area contributed by atoms with Crippen LogP contribution >= 0.6 is 0 Å². The van der Waals surface area contributed by atoms with Gasteiger partial charge >= 0.3 is 0 Å². The zero-order chi connectivity index (χ0) is 17.3. The Hall–Kier alpha value is -3.13. The van der Waals surface area contributed by atoms with Crippen LogP contribution in [-0.4, -0.2) is 36.6 Å². The summed E-state index contributed by atoms with van der Waals surface area (Å²) in [6, 6.07) is 8.17. The van der Waals surface area contributed by atoms with Gasteiger partial charge in [-0.3, -0.25) is 24.3 Å². The molecule has 0 saturated carbocycles. The van der Waals surface area contributed by atoms with E-state index in [0.29, 0.717) is 24.5 Å². The molecule has 0 bridgehead atoms. The number of carbonyl (C=O) groups excluding carboxylic acids is 2. The van der Waals surface area contributed by atoms with E-state index in [1.54, 1.807) is 25.3 Å². The van der Waals surface area contributed by atoms with E-state index >= 15 is 0 Å². The average molecular weight is 328 g/mol. The van der Waals surface area contributed by atoms with E-state index in [4.69, 9.17) is 10.5 Å². The zero-order valence-electron chi connectivity index (χ0n) is 13.0. The Morgan fingerprint density at radius 2 is 1.96 bits per heavy atom. The van der Waals surface area contributed by atoms with Crippen molar-refractivity contribution in [2.24, 2.45) is 0 Å². The number of methoxy groups -OCH3 is 1. The normalized spacial score (nSPS) is 12.9. The molecule has 8 heteroatoms. The molecule has 0 radical (unpaired) electrons. The summed E-state index contributed by atoms with van der Waals surface area (Å²) in [6.07, 6.45) is 0. The van der Waals surface area contributed by atoms with Crippen LogP contribution in [0.4, 0.5) is 11.5 Å². The molecule has 1 aliphatic heterocycles. The number of imide groups is 1. The summed E-state index contributed by atoms with van der Waals surface area (Å²) >= 11 is 0. The number of anilines is 2. The molecule has 2 aromatic rings. The highest BCUT2D eigenvalue weighted by atomic mass is 16.5. The maximum absolute atomic E-state index is 12.5. The van der Waals surface area contributed by atoms with Crippen molar-refractivity contribution in [1.29, 1.82) is 0 Å². The van der Waals surface area contributed by atoms with Crippen LogP contribution in [0.3, 0.4) is 0 Å². The van der Waals surface area contributed by atoms with Crippen molar-refractivity contribution in [3.63, 3.8) is 0 Å². The van der Waals surface area contributed by atoms with Crippen LogP contribution < -0.4 is 21.9 Å². The second-order valence-corrected chi connectivity index (χ2v) is 5.21. The number of hydrogen-bond donors (Lipinski definition) is 3. The monoisotopic (exact) mass is 328 g/mol. The number of nitrogen functional groups attached to an aromatic ring is 1. The molecule has 0 aliphatic carbocycles. The molecule has 0 fully saturated rings. The Balaban J connectivity index is 2.15. The van der Waals surface area contributed by atoms with Gasteiger partial charge in [0.2, 0.25) is 0 Å². The van der Waals surface area contributed by atoms with Crippen LogP contribution in [0.25, 0.3) is 5.69 Å². The van der Waals surface area contributed by atoms with Crippen molar-refractivity contribution in [2.45, 2.75) is 0 Å². The van der Waals surface area contributed by atoms with Gasteiger partial charge in [-0.2, -0.15) is 0 Å². The van der Waals surface area contributed by atoms with Crippen LogP contribution in [0, 0.1) is 0 Å². The molecule has 0 saturated heterocycles. The third kappa shape index (κ3) is 2.52. The van der Waals surface area contributed by atoms with Gasteiger partial charge in [0, 0.05) is 19.7 Å². The number of rotatable bonds is 5.